The SMILES string of the molecule is CCCC1CCC(c2cc(F)c(C3=Cc4cc(C#N)c(OC(F)F)cc4C3)c(F)c2)CC1. The van der Waals surface area contributed by atoms with Crippen LogP contribution in [0.5, 0.6) is 5.75 Å². The summed E-state index contributed by atoms with van der Waals surface area (Å²) in [5.74, 6) is -0.572. The van der Waals surface area contributed by atoms with E-state index in [4.69, 9.17) is 0 Å². The van der Waals surface area contributed by atoms with Gasteiger partial charge in [-0.1, -0.05) is 25.8 Å². The maximum absolute atomic E-state index is 15.1. The van der Waals surface area contributed by atoms with Crippen molar-refractivity contribution in [2.75, 3.05) is 0 Å². The van der Waals surface area contributed by atoms with Crippen LogP contribution in [0.2, 0.25) is 0 Å². The van der Waals surface area contributed by atoms with Crippen LogP contribution in [0.3, 0.4) is 0 Å². The van der Waals surface area contributed by atoms with Gasteiger partial charge in [0.15, 0.2) is 0 Å². The van der Waals surface area contributed by atoms with Gasteiger partial charge in [0.1, 0.15) is 23.5 Å². The molecule has 32 heavy (non-hydrogen) atoms. The molecule has 2 aromatic rings. The van der Waals surface area contributed by atoms with Gasteiger partial charge in [-0.25, -0.2) is 8.78 Å². The van der Waals surface area contributed by atoms with Gasteiger partial charge in [-0.2, -0.15) is 14.0 Å². The number of rotatable bonds is 6. The molecule has 0 aliphatic heterocycles. The van der Waals surface area contributed by atoms with E-state index in [1.54, 1.807) is 6.08 Å². The van der Waals surface area contributed by atoms with Crippen LogP contribution in [0, 0.1) is 28.9 Å². The van der Waals surface area contributed by atoms with Gasteiger partial charge in [0.05, 0.1) is 5.56 Å². The Hall–Kier alpha value is -2.81. The van der Waals surface area contributed by atoms with Gasteiger partial charge in [-0.05, 0) is 90.5 Å². The maximum Gasteiger partial charge on any atom is 0.387 e. The van der Waals surface area contributed by atoms with E-state index in [2.05, 4.69) is 11.7 Å². The number of allylic oxidation sites excluding steroid dienone is 1. The van der Waals surface area contributed by atoms with Gasteiger partial charge in [-0.15, -0.1) is 0 Å². The second-order valence-electron chi connectivity index (χ2n) is 8.75. The Morgan fingerprint density at radius 2 is 1.75 bits per heavy atom. The van der Waals surface area contributed by atoms with Crippen LogP contribution in [0.15, 0.2) is 24.3 Å². The van der Waals surface area contributed by atoms with E-state index >= 15 is 8.78 Å². The standard InChI is InChI=1S/C26H25F4NO/c1-2-3-15-4-6-16(7-5-15)19-11-22(27)25(23(28)12-19)20-8-17-10-21(14-31)24(32-26(29)30)13-18(17)9-20/h8,10-13,15-16,26H,2-7,9H2,1H3. The number of hydrogen-bond donors (Lipinski definition) is 0. The topological polar surface area (TPSA) is 33.0 Å². The smallest absolute Gasteiger partial charge is 0.387 e. The molecule has 0 bridgehead atoms. The van der Waals surface area contributed by atoms with Crippen molar-refractivity contribution in [1.29, 1.82) is 5.26 Å². The number of halogens is 4. The lowest BCUT2D eigenvalue weighted by molar-refractivity contribution is -0.0500. The summed E-state index contributed by atoms with van der Waals surface area (Å²) in [5.41, 5.74) is 2.15. The Balaban J connectivity index is 1.57. The zero-order chi connectivity index (χ0) is 22.8. The molecular formula is C26H25F4NO. The van der Waals surface area contributed by atoms with Gasteiger partial charge in [0.25, 0.3) is 0 Å². The van der Waals surface area contributed by atoms with Crippen molar-refractivity contribution in [2.45, 2.75) is 64.4 Å². The molecule has 0 radical (unpaired) electrons. The molecule has 0 atom stereocenters. The number of fused-ring (bicyclic) bond motifs is 1. The summed E-state index contributed by atoms with van der Waals surface area (Å²) >= 11 is 0. The van der Waals surface area contributed by atoms with Gasteiger partial charge in [-0.3, -0.25) is 0 Å². The first-order valence-corrected chi connectivity index (χ1v) is 11.1. The summed E-state index contributed by atoms with van der Waals surface area (Å²) in [6.45, 7) is -0.882. The van der Waals surface area contributed by atoms with Crippen LogP contribution in [-0.4, -0.2) is 6.61 Å². The predicted octanol–water partition coefficient (Wildman–Crippen LogP) is 7.61. The van der Waals surface area contributed by atoms with Crippen molar-refractivity contribution >= 4 is 11.6 Å². The normalized spacial score (nSPS) is 20.1. The van der Waals surface area contributed by atoms with E-state index in [1.165, 1.54) is 30.7 Å². The third-order valence-electron chi connectivity index (χ3n) is 6.69. The van der Waals surface area contributed by atoms with Crippen LogP contribution < -0.4 is 4.74 Å². The highest BCUT2D eigenvalue weighted by molar-refractivity contribution is 5.89. The molecule has 0 aromatic heterocycles. The molecule has 0 spiro atoms. The summed E-state index contributed by atoms with van der Waals surface area (Å²) in [4.78, 5) is 0. The summed E-state index contributed by atoms with van der Waals surface area (Å²) < 4.78 is 59.9. The molecule has 2 aliphatic rings. The molecule has 0 saturated heterocycles. The molecule has 1 fully saturated rings. The maximum atomic E-state index is 15.1. The molecule has 1 saturated carbocycles. The Morgan fingerprint density at radius 1 is 1.06 bits per heavy atom. The lowest BCUT2D eigenvalue weighted by Gasteiger charge is -2.29. The first kappa shape index (κ1) is 22.4. The summed E-state index contributed by atoms with van der Waals surface area (Å²) in [6, 6.07) is 7.48. The predicted molar refractivity (Wildman–Crippen MR) is 115 cm³/mol. The fourth-order valence-corrected chi connectivity index (χ4v) is 5.14. The quantitative estimate of drug-likeness (QED) is 0.431. The van der Waals surface area contributed by atoms with Crippen molar-refractivity contribution in [3.63, 3.8) is 0 Å². The first-order chi connectivity index (χ1) is 15.4. The van der Waals surface area contributed by atoms with Crippen LogP contribution in [0.1, 0.15) is 79.2 Å². The van der Waals surface area contributed by atoms with Crippen molar-refractivity contribution in [1.82, 2.24) is 0 Å². The number of alkyl halides is 2. The molecule has 6 heteroatoms. The molecule has 0 amide bonds. The minimum absolute atomic E-state index is 0.0449. The highest BCUT2D eigenvalue weighted by atomic mass is 19.3. The van der Waals surface area contributed by atoms with E-state index in [0.29, 0.717) is 28.2 Å². The van der Waals surface area contributed by atoms with E-state index in [9.17, 15) is 14.0 Å². The van der Waals surface area contributed by atoms with Crippen molar-refractivity contribution < 1.29 is 22.3 Å². The highest BCUT2D eigenvalue weighted by Crippen LogP contribution is 2.41. The minimum Gasteiger partial charge on any atom is -0.433 e. The highest BCUT2D eigenvalue weighted by Gasteiger charge is 2.27. The van der Waals surface area contributed by atoms with Crippen molar-refractivity contribution in [3.8, 4) is 11.8 Å². The minimum atomic E-state index is -3.06. The number of benzene rings is 2. The number of nitriles is 1. The van der Waals surface area contributed by atoms with Gasteiger partial charge in [0.2, 0.25) is 0 Å². The van der Waals surface area contributed by atoms with E-state index in [-0.39, 0.29) is 29.2 Å². The summed E-state index contributed by atoms with van der Waals surface area (Å²) in [5, 5.41) is 9.22. The molecule has 168 valence electrons. The van der Waals surface area contributed by atoms with Gasteiger partial charge < -0.3 is 4.74 Å². The summed E-state index contributed by atoms with van der Waals surface area (Å²) in [6.07, 6.45) is 8.23. The molecule has 2 aromatic carbocycles. The van der Waals surface area contributed by atoms with E-state index < -0.39 is 18.2 Å². The Bertz CT molecular complexity index is 1050. The lowest BCUT2D eigenvalue weighted by Crippen LogP contribution is -2.14. The fraction of sp³-hybridized carbons (Fsp3) is 0.423. The second kappa shape index (κ2) is 9.36. The van der Waals surface area contributed by atoms with Gasteiger partial charge >= 0.3 is 6.61 Å². The average Bonchev–Trinajstić information content (AvgIpc) is 3.15. The number of ether oxygens (including phenoxy) is 1. The average molecular weight is 443 g/mol. The molecule has 4 rings (SSSR count). The van der Waals surface area contributed by atoms with Crippen LogP contribution in [0.25, 0.3) is 11.6 Å². The fourth-order valence-electron chi connectivity index (χ4n) is 5.14. The Morgan fingerprint density at radius 3 is 2.34 bits per heavy atom. The van der Waals surface area contributed by atoms with E-state index in [1.807, 2.05) is 6.07 Å². The van der Waals surface area contributed by atoms with Crippen LogP contribution in [0.4, 0.5) is 17.6 Å². The monoisotopic (exact) mass is 443 g/mol. The largest absolute Gasteiger partial charge is 0.433 e. The number of hydrogen-bond acceptors (Lipinski definition) is 2. The Kier molecular flexibility index (Phi) is 6.55. The Labute approximate surface area is 185 Å². The third kappa shape index (κ3) is 4.53. The molecular weight excluding hydrogens is 418 g/mol. The zero-order valence-electron chi connectivity index (χ0n) is 17.9. The van der Waals surface area contributed by atoms with Crippen molar-refractivity contribution in [3.05, 3.63) is 63.7 Å². The first-order valence-electron chi connectivity index (χ1n) is 11.1. The molecule has 0 unspecified atom stereocenters. The van der Waals surface area contributed by atoms with Crippen molar-refractivity contribution in [2.24, 2.45) is 5.92 Å². The summed E-state index contributed by atoms with van der Waals surface area (Å²) in [7, 11) is 0. The van der Waals surface area contributed by atoms with Crippen LogP contribution in [-0.2, 0) is 6.42 Å². The molecule has 2 nitrogen and oxygen atoms in total. The second-order valence-corrected chi connectivity index (χ2v) is 8.75. The van der Waals surface area contributed by atoms with E-state index in [0.717, 1.165) is 32.1 Å². The molecule has 0 N–H and O–H groups in total. The molecule has 2 aliphatic carbocycles. The zero-order valence-corrected chi connectivity index (χ0v) is 17.9. The number of nitrogens with zero attached hydrogens (tertiary/aromatic N) is 1. The van der Waals surface area contributed by atoms with Gasteiger partial charge in [0, 0.05) is 5.56 Å². The van der Waals surface area contributed by atoms with Crippen LogP contribution >= 0.6 is 0 Å². The molecule has 0 heterocycles. The third-order valence-corrected chi connectivity index (χ3v) is 6.69. The lowest BCUT2D eigenvalue weighted by atomic mass is 9.77.